The van der Waals surface area contributed by atoms with Crippen LogP contribution in [0.1, 0.15) is 18.4 Å². The first kappa shape index (κ1) is 15.4. The number of alkyl halides is 4. The standard InChI is InChI=1S/C14H15BrF3NO/c15-8-12(20)19(9-10-4-2-1-3-5-10)13(11-6-7-11)14(16,17)18/h1-5,11,13H,6-9H2. The molecule has 1 aromatic rings. The van der Waals surface area contributed by atoms with E-state index in [1.165, 1.54) is 0 Å². The van der Waals surface area contributed by atoms with E-state index < -0.39 is 24.0 Å². The monoisotopic (exact) mass is 349 g/mol. The van der Waals surface area contributed by atoms with Crippen LogP contribution < -0.4 is 0 Å². The van der Waals surface area contributed by atoms with Crippen molar-refractivity contribution in [1.82, 2.24) is 4.90 Å². The Kier molecular flexibility index (Phi) is 4.73. The van der Waals surface area contributed by atoms with Crippen molar-refractivity contribution in [2.45, 2.75) is 31.6 Å². The molecule has 6 heteroatoms. The van der Waals surface area contributed by atoms with Crippen LogP contribution in [0.5, 0.6) is 0 Å². The lowest BCUT2D eigenvalue weighted by atomic mass is 10.1. The van der Waals surface area contributed by atoms with Gasteiger partial charge < -0.3 is 4.90 Å². The molecule has 2 nitrogen and oxygen atoms in total. The van der Waals surface area contributed by atoms with Gasteiger partial charge in [-0.15, -0.1) is 0 Å². The van der Waals surface area contributed by atoms with Crippen LogP contribution in [0.25, 0.3) is 0 Å². The van der Waals surface area contributed by atoms with Crippen molar-refractivity contribution in [2.75, 3.05) is 5.33 Å². The number of hydrogen-bond acceptors (Lipinski definition) is 1. The zero-order valence-corrected chi connectivity index (χ0v) is 12.3. The number of nitrogens with zero attached hydrogens (tertiary/aromatic N) is 1. The van der Waals surface area contributed by atoms with Crippen LogP contribution in [0, 0.1) is 5.92 Å². The molecule has 1 saturated carbocycles. The first-order valence-electron chi connectivity index (χ1n) is 6.39. The summed E-state index contributed by atoms with van der Waals surface area (Å²) in [6, 6.07) is 7.09. The van der Waals surface area contributed by atoms with Crippen LogP contribution in [0.3, 0.4) is 0 Å². The SMILES string of the molecule is O=C(CBr)N(Cc1ccccc1)C(C1CC1)C(F)(F)F. The fraction of sp³-hybridized carbons (Fsp3) is 0.500. The van der Waals surface area contributed by atoms with E-state index in [9.17, 15) is 18.0 Å². The lowest BCUT2D eigenvalue weighted by molar-refractivity contribution is -0.195. The Morgan fingerprint density at radius 2 is 1.90 bits per heavy atom. The van der Waals surface area contributed by atoms with Crippen LogP contribution in [0.15, 0.2) is 30.3 Å². The Balaban J connectivity index is 2.24. The van der Waals surface area contributed by atoms with Crippen molar-refractivity contribution in [3.05, 3.63) is 35.9 Å². The Bertz CT molecular complexity index is 459. The van der Waals surface area contributed by atoms with Crippen LogP contribution in [0.4, 0.5) is 13.2 Å². The molecule has 0 N–H and O–H groups in total. The molecule has 20 heavy (non-hydrogen) atoms. The summed E-state index contributed by atoms with van der Waals surface area (Å²) in [5.41, 5.74) is 0.705. The Morgan fingerprint density at radius 1 is 1.30 bits per heavy atom. The summed E-state index contributed by atoms with van der Waals surface area (Å²) in [4.78, 5) is 12.9. The molecule has 0 aromatic heterocycles. The molecule has 0 bridgehead atoms. The second-order valence-electron chi connectivity index (χ2n) is 4.96. The summed E-state index contributed by atoms with van der Waals surface area (Å²) < 4.78 is 39.8. The molecule has 1 aromatic carbocycles. The van der Waals surface area contributed by atoms with Crippen LogP contribution in [-0.2, 0) is 11.3 Å². The maximum absolute atomic E-state index is 13.3. The van der Waals surface area contributed by atoms with Gasteiger partial charge in [-0.3, -0.25) is 4.79 Å². The number of amides is 1. The molecule has 1 atom stereocenters. The predicted molar refractivity (Wildman–Crippen MR) is 73.4 cm³/mol. The molecule has 110 valence electrons. The minimum Gasteiger partial charge on any atom is -0.325 e. The van der Waals surface area contributed by atoms with E-state index in [0.717, 1.165) is 4.90 Å². The number of benzene rings is 1. The van der Waals surface area contributed by atoms with Gasteiger partial charge in [-0.05, 0) is 24.3 Å². The Labute approximate surface area is 124 Å². The summed E-state index contributed by atoms with van der Waals surface area (Å²) >= 11 is 2.97. The third-order valence-corrected chi connectivity index (χ3v) is 3.85. The molecule has 1 aliphatic rings. The number of hydrogen-bond donors (Lipinski definition) is 0. The Hall–Kier alpha value is -1.04. The maximum atomic E-state index is 13.3. The molecule has 1 unspecified atom stereocenters. The molecule has 0 heterocycles. The largest absolute Gasteiger partial charge is 0.409 e. The molecule has 0 aliphatic heterocycles. The van der Waals surface area contributed by atoms with E-state index in [-0.39, 0.29) is 11.9 Å². The fourth-order valence-corrected chi connectivity index (χ4v) is 2.63. The van der Waals surface area contributed by atoms with Crippen LogP contribution in [-0.4, -0.2) is 28.4 Å². The van der Waals surface area contributed by atoms with Gasteiger partial charge in [0.15, 0.2) is 0 Å². The molecule has 2 rings (SSSR count). The van der Waals surface area contributed by atoms with Gasteiger partial charge in [0.1, 0.15) is 6.04 Å². The zero-order chi connectivity index (χ0) is 14.8. The second-order valence-corrected chi connectivity index (χ2v) is 5.53. The average molecular weight is 350 g/mol. The molecular formula is C14H15BrF3NO. The minimum absolute atomic E-state index is 0.00799. The van der Waals surface area contributed by atoms with Crippen molar-refractivity contribution in [2.24, 2.45) is 5.92 Å². The van der Waals surface area contributed by atoms with E-state index in [4.69, 9.17) is 0 Å². The van der Waals surface area contributed by atoms with Crippen LogP contribution >= 0.6 is 15.9 Å². The number of carbonyl (C=O) groups is 1. The normalized spacial score (nSPS) is 16.8. The van der Waals surface area contributed by atoms with E-state index in [1.54, 1.807) is 30.3 Å². The van der Waals surface area contributed by atoms with E-state index in [2.05, 4.69) is 15.9 Å². The van der Waals surface area contributed by atoms with Crippen molar-refractivity contribution in [3.63, 3.8) is 0 Å². The molecule has 1 aliphatic carbocycles. The van der Waals surface area contributed by atoms with Gasteiger partial charge in [0.05, 0.1) is 5.33 Å². The van der Waals surface area contributed by atoms with Gasteiger partial charge in [0.25, 0.3) is 0 Å². The minimum atomic E-state index is -4.38. The quantitative estimate of drug-likeness (QED) is 0.741. The van der Waals surface area contributed by atoms with Crippen molar-refractivity contribution < 1.29 is 18.0 Å². The third-order valence-electron chi connectivity index (χ3n) is 3.37. The second kappa shape index (κ2) is 6.16. The highest BCUT2D eigenvalue weighted by Crippen LogP contribution is 2.43. The summed E-state index contributed by atoms with van der Waals surface area (Å²) in [6.07, 6.45) is -3.32. The number of halogens is 4. The molecule has 1 fully saturated rings. The molecule has 0 radical (unpaired) electrons. The van der Waals surface area contributed by atoms with Gasteiger partial charge in [-0.1, -0.05) is 46.3 Å². The smallest absolute Gasteiger partial charge is 0.325 e. The van der Waals surface area contributed by atoms with Crippen molar-refractivity contribution in [3.8, 4) is 0 Å². The predicted octanol–water partition coefficient (Wildman–Crippen LogP) is 3.75. The van der Waals surface area contributed by atoms with Crippen molar-refractivity contribution in [1.29, 1.82) is 0 Å². The van der Waals surface area contributed by atoms with Gasteiger partial charge in [-0.25, -0.2) is 0 Å². The first-order chi connectivity index (χ1) is 9.43. The maximum Gasteiger partial charge on any atom is 0.409 e. The lowest BCUT2D eigenvalue weighted by Gasteiger charge is -2.33. The molecule has 1 amide bonds. The topological polar surface area (TPSA) is 20.3 Å². The highest BCUT2D eigenvalue weighted by Gasteiger charge is 2.53. The van der Waals surface area contributed by atoms with E-state index in [1.807, 2.05) is 0 Å². The highest BCUT2D eigenvalue weighted by atomic mass is 79.9. The van der Waals surface area contributed by atoms with Gasteiger partial charge in [-0.2, -0.15) is 13.2 Å². The molecule has 0 saturated heterocycles. The fourth-order valence-electron chi connectivity index (χ4n) is 2.31. The Morgan fingerprint density at radius 3 is 2.35 bits per heavy atom. The van der Waals surface area contributed by atoms with Gasteiger partial charge in [0.2, 0.25) is 5.91 Å². The zero-order valence-electron chi connectivity index (χ0n) is 10.7. The average Bonchev–Trinajstić information content (AvgIpc) is 3.21. The molecule has 0 spiro atoms. The van der Waals surface area contributed by atoms with Gasteiger partial charge in [0, 0.05) is 6.54 Å². The summed E-state index contributed by atoms with van der Waals surface area (Å²) in [5.74, 6) is -0.982. The number of carbonyl (C=O) groups excluding carboxylic acids is 1. The van der Waals surface area contributed by atoms with Gasteiger partial charge >= 0.3 is 6.18 Å². The van der Waals surface area contributed by atoms with Crippen molar-refractivity contribution >= 4 is 21.8 Å². The summed E-state index contributed by atoms with van der Waals surface area (Å²) in [7, 11) is 0. The highest BCUT2D eigenvalue weighted by molar-refractivity contribution is 9.09. The van der Waals surface area contributed by atoms with Crippen LogP contribution in [0.2, 0.25) is 0 Å². The first-order valence-corrected chi connectivity index (χ1v) is 7.51. The number of rotatable bonds is 5. The summed E-state index contributed by atoms with van der Waals surface area (Å²) in [6.45, 7) is -0.00799. The summed E-state index contributed by atoms with van der Waals surface area (Å²) in [5, 5.41) is -0.0981. The molecular weight excluding hydrogens is 335 g/mol. The third kappa shape index (κ3) is 3.75. The van der Waals surface area contributed by atoms with E-state index in [0.29, 0.717) is 18.4 Å². The van der Waals surface area contributed by atoms with E-state index >= 15 is 0 Å². The lowest BCUT2D eigenvalue weighted by Crippen LogP contribution is -2.50.